The number of pyridine rings is 1. The quantitative estimate of drug-likeness (QED) is 0.509. The van der Waals surface area contributed by atoms with Gasteiger partial charge in [0.1, 0.15) is 22.8 Å². The molecule has 2 aromatic carbocycles. The number of para-hydroxylation sites is 1. The van der Waals surface area contributed by atoms with E-state index in [1.807, 2.05) is 30.3 Å². The van der Waals surface area contributed by atoms with Gasteiger partial charge in [0, 0.05) is 19.1 Å². The van der Waals surface area contributed by atoms with Crippen molar-refractivity contribution < 1.29 is 19.1 Å². The first kappa shape index (κ1) is 21.9. The molecule has 4 rings (SSSR count). The van der Waals surface area contributed by atoms with Gasteiger partial charge in [0.25, 0.3) is 5.91 Å². The third kappa shape index (κ3) is 5.48. The molecule has 1 unspecified atom stereocenters. The molecule has 8 nitrogen and oxygen atoms in total. The Morgan fingerprint density at radius 2 is 1.73 bits per heavy atom. The predicted molar refractivity (Wildman–Crippen MR) is 125 cm³/mol. The molecule has 1 fully saturated rings. The molecule has 168 valence electrons. The second-order valence-corrected chi connectivity index (χ2v) is 7.55. The van der Waals surface area contributed by atoms with Gasteiger partial charge in [0.05, 0.1) is 11.9 Å². The molecule has 0 spiro atoms. The van der Waals surface area contributed by atoms with Crippen molar-refractivity contribution in [2.24, 2.45) is 5.73 Å². The van der Waals surface area contributed by atoms with Crippen LogP contribution in [0, 0.1) is 0 Å². The summed E-state index contributed by atoms with van der Waals surface area (Å²) in [4.78, 5) is 29.8. The average molecular weight is 444 g/mol. The van der Waals surface area contributed by atoms with Crippen LogP contribution in [0.25, 0.3) is 0 Å². The first-order valence-corrected chi connectivity index (χ1v) is 10.5. The number of amides is 2. The van der Waals surface area contributed by atoms with Crippen molar-refractivity contribution >= 4 is 17.5 Å². The van der Waals surface area contributed by atoms with E-state index in [0.717, 1.165) is 12.2 Å². The van der Waals surface area contributed by atoms with Gasteiger partial charge in [0.2, 0.25) is 11.8 Å². The number of aromatic nitrogens is 1. The lowest BCUT2D eigenvalue weighted by atomic mass is 10.2. The van der Waals surface area contributed by atoms with Gasteiger partial charge in [-0.05, 0) is 55.0 Å². The first-order valence-electron chi connectivity index (χ1n) is 10.5. The van der Waals surface area contributed by atoms with E-state index >= 15 is 0 Å². The summed E-state index contributed by atoms with van der Waals surface area (Å²) in [5.74, 6) is 1.22. The van der Waals surface area contributed by atoms with E-state index in [4.69, 9.17) is 15.2 Å². The van der Waals surface area contributed by atoms with Crippen molar-refractivity contribution in [1.82, 2.24) is 9.88 Å². The zero-order valence-electron chi connectivity index (χ0n) is 17.9. The summed E-state index contributed by atoms with van der Waals surface area (Å²) >= 11 is 0. The molecule has 0 bridgehead atoms. The number of hydrogen-bond donors (Lipinski definition) is 2. The Bertz CT molecular complexity index is 1150. The minimum Gasteiger partial charge on any atom is -0.457 e. The highest BCUT2D eigenvalue weighted by atomic mass is 16.5. The van der Waals surface area contributed by atoms with Gasteiger partial charge in [-0.15, -0.1) is 0 Å². The summed E-state index contributed by atoms with van der Waals surface area (Å²) in [6.07, 6.45) is 3.66. The van der Waals surface area contributed by atoms with Crippen molar-refractivity contribution in [3.8, 4) is 23.1 Å². The Morgan fingerprint density at radius 1 is 1.06 bits per heavy atom. The molecular formula is C25H24N4O4. The topological polar surface area (TPSA) is 107 Å². The summed E-state index contributed by atoms with van der Waals surface area (Å²) in [6, 6.07) is 18.1. The van der Waals surface area contributed by atoms with E-state index in [2.05, 4.69) is 16.9 Å². The number of nitrogens with one attached hydrogen (secondary N) is 1. The van der Waals surface area contributed by atoms with Crippen LogP contribution in [0.4, 0.5) is 5.69 Å². The molecule has 1 saturated heterocycles. The van der Waals surface area contributed by atoms with E-state index in [0.29, 0.717) is 30.3 Å². The molecule has 1 atom stereocenters. The summed E-state index contributed by atoms with van der Waals surface area (Å²) < 4.78 is 11.6. The van der Waals surface area contributed by atoms with Crippen molar-refractivity contribution in [2.45, 2.75) is 12.5 Å². The monoisotopic (exact) mass is 444 g/mol. The molecule has 2 amide bonds. The zero-order chi connectivity index (χ0) is 23.2. The molecule has 0 aliphatic carbocycles. The van der Waals surface area contributed by atoms with Crippen LogP contribution >= 0.6 is 0 Å². The zero-order valence-corrected chi connectivity index (χ0v) is 17.9. The van der Waals surface area contributed by atoms with Gasteiger partial charge in [-0.2, -0.15) is 0 Å². The van der Waals surface area contributed by atoms with Gasteiger partial charge in [-0.1, -0.05) is 24.8 Å². The Balaban J connectivity index is 1.43. The van der Waals surface area contributed by atoms with Crippen LogP contribution in [0.2, 0.25) is 0 Å². The summed E-state index contributed by atoms with van der Waals surface area (Å²) in [7, 11) is 0. The SMILES string of the molecule is C=CC(=O)N1CCC(Nc2cnc(Oc3ccc(Oc4ccccc4)cc3)c(C(N)=O)c2)C1. The molecule has 33 heavy (non-hydrogen) atoms. The van der Waals surface area contributed by atoms with Gasteiger partial charge >= 0.3 is 0 Å². The van der Waals surface area contributed by atoms with Crippen LogP contribution in [-0.4, -0.2) is 40.8 Å². The molecule has 1 aliphatic rings. The molecule has 1 aromatic heterocycles. The molecular weight excluding hydrogens is 420 g/mol. The summed E-state index contributed by atoms with van der Waals surface area (Å²) in [5, 5.41) is 3.30. The number of hydrogen-bond acceptors (Lipinski definition) is 6. The maximum absolute atomic E-state index is 12.0. The summed E-state index contributed by atoms with van der Waals surface area (Å²) in [6.45, 7) is 4.71. The van der Waals surface area contributed by atoms with E-state index in [9.17, 15) is 9.59 Å². The standard InChI is InChI=1S/C25H24N4O4/c1-2-23(30)29-13-12-17(16-29)28-18-14-22(24(26)31)25(27-15-18)33-21-10-8-20(9-11-21)32-19-6-4-3-5-7-19/h2-11,14-15,17,28H,1,12-13,16H2,(H2,26,31). The average Bonchev–Trinajstić information content (AvgIpc) is 3.30. The first-order chi connectivity index (χ1) is 16.0. The summed E-state index contributed by atoms with van der Waals surface area (Å²) in [5.41, 5.74) is 6.34. The van der Waals surface area contributed by atoms with Crippen molar-refractivity contribution in [3.05, 3.63) is 85.1 Å². The number of anilines is 1. The fourth-order valence-corrected chi connectivity index (χ4v) is 3.54. The van der Waals surface area contributed by atoms with Crippen LogP contribution in [0.3, 0.4) is 0 Å². The van der Waals surface area contributed by atoms with Gasteiger partial charge in [0.15, 0.2) is 0 Å². The second-order valence-electron chi connectivity index (χ2n) is 7.55. The van der Waals surface area contributed by atoms with E-state index in [-0.39, 0.29) is 23.4 Å². The Labute approximate surface area is 191 Å². The van der Waals surface area contributed by atoms with Crippen LogP contribution in [-0.2, 0) is 4.79 Å². The third-order valence-electron chi connectivity index (χ3n) is 5.18. The minimum atomic E-state index is -0.653. The van der Waals surface area contributed by atoms with Gasteiger partial charge in [-0.25, -0.2) is 4.98 Å². The van der Waals surface area contributed by atoms with Crippen molar-refractivity contribution in [3.63, 3.8) is 0 Å². The molecule has 3 N–H and O–H groups in total. The number of primary amides is 1. The van der Waals surface area contributed by atoms with Gasteiger partial charge < -0.3 is 25.4 Å². The number of carbonyl (C=O) groups is 2. The maximum atomic E-state index is 12.0. The number of benzene rings is 2. The number of carbonyl (C=O) groups excluding carboxylic acids is 2. The lowest BCUT2D eigenvalue weighted by Crippen LogP contribution is -2.30. The fourth-order valence-electron chi connectivity index (χ4n) is 3.54. The second kappa shape index (κ2) is 9.86. The Kier molecular flexibility index (Phi) is 6.54. The lowest BCUT2D eigenvalue weighted by molar-refractivity contribution is -0.125. The van der Waals surface area contributed by atoms with Crippen LogP contribution in [0.15, 0.2) is 79.5 Å². The lowest BCUT2D eigenvalue weighted by Gasteiger charge is -2.17. The highest BCUT2D eigenvalue weighted by molar-refractivity contribution is 5.96. The van der Waals surface area contributed by atoms with Crippen LogP contribution in [0.5, 0.6) is 23.1 Å². The van der Waals surface area contributed by atoms with E-state index in [1.165, 1.54) is 6.08 Å². The molecule has 3 aromatic rings. The smallest absolute Gasteiger partial charge is 0.254 e. The van der Waals surface area contributed by atoms with Crippen LogP contribution < -0.4 is 20.5 Å². The fraction of sp³-hybridized carbons (Fsp3) is 0.160. The number of nitrogens with zero attached hydrogens (tertiary/aromatic N) is 2. The van der Waals surface area contributed by atoms with Crippen molar-refractivity contribution in [1.29, 1.82) is 0 Å². The number of likely N-dealkylation sites (tertiary alicyclic amines) is 1. The molecule has 8 heteroatoms. The van der Waals surface area contributed by atoms with E-state index < -0.39 is 5.91 Å². The Hall–Kier alpha value is -4.33. The Morgan fingerprint density at radius 3 is 2.39 bits per heavy atom. The van der Waals surface area contributed by atoms with Crippen LogP contribution in [0.1, 0.15) is 16.8 Å². The predicted octanol–water partition coefficient (Wildman–Crippen LogP) is 3.96. The minimum absolute atomic E-state index is 0.0420. The van der Waals surface area contributed by atoms with Gasteiger partial charge in [-0.3, -0.25) is 9.59 Å². The number of ether oxygens (including phenoxy) is 2. The third-order valence-corrected chi connectivity index (χ3v) is 5.18. The maximum Gasteiger partial charge on any atom is 0.254 e. The molecule has 1 aliphatic heterocycles. The molecule has 0 radical (unpaired) electrons. The largest absolute Gasteiger partial charge is 0.457 e. The number of nitrogens with two attached hydrogens (primary N) is 1. The van der Waals surface area contributed by atoms with Crippen molar-refractivity contribution in [2.75, 3.05) is 18.4 Å². The highest BCUT2D eigenvalue weighted by Gasteiger charge is 2.25. The number of rotatable bonds is 8. The van der Waals surface area contributed by atoms with E-state index in [1.54, 1.807) is 41.4 Å². The normalized spacial score (nSPS) is 15.0. The molecule has 0 saturated carbocycles. The molecule has 2 heterocycles. The highest BCUT2D eigenvalue weighted by Crippen LogP contribution is 2.29.